The summed E-state index contributed by atoms with van der Waals surface area (Å²) in [5.74, 6) is -1.01. The van der Waals surface area contributed by atoms with Crippen LogP contribution in [0.5, 0.6) is 0 Å². The predicted octanol–water partition coefficient (Wildman–Crippen LogP) is 2.15. The van der Waals surface area contributed by atoms with Gasteiger partial charge in [0.05, 0.1) is 5.52 Å². The first kappa shape index (κ1) is 12.8. The molecule has 0 fully saturated rings. The second kappa shape index (κ2) is 4.92. The molecule has 18 heavy (non-hydrogen) atoms. The van der Waals surface area contributed by atoms with E-state index >= 15 is 0 Å². The lowest BCUT2D eigenvalue weighted by Crippen LogP contribution is -2.32. The fraction of sp³-hybridized carbons (Fsp3) is 0.231. The molecule has 0 aliphatic rings. The molecule has 94 valence electrons. The Morgan fingerprint density at radius 1 is 1.50 bits per heavy atom. The van der Waals surface area contributed by atoms with Crippen molar-refractivity contribution in [2.24, 2.45) is 5.73 Å². The van der Waals surface area contributed by atoms with Crippen molar-refractivity contribution in [1.82, 2.24) is 4.98 Å². The van der Waals surface area contributed by atoms with Gasteiger partial charge in [-0.3, -0.25) is 9.78 Å². The molecule has 0 saturated carbocycles. The number of aliphatic carboxylic acids is 1. The van der Waals surface area contributed by atoms with Crippen LogP contribution in [0.3, 0.4) is 0 Å². The van der Waals surface area contributed by atoms with E-state index in [1.165, 1.54) is 0 Å². The number of nitrogens with zero attached hydrogens (tertiary/aromatic N) is 1. The summed E-state index contributed by atoms with van der Waals surface area (Å²) >= 11 is 6.04. The number of aryl methyl sites for hydroxylation is 1. The Balaban J connectivity index is 2.53. The van der Waals surface area contributed by atoms with E-state index in [2.05, 4.69) is 4.98 Å². The lowest BCUT2D eigenvalue weighted by atomic mass is 10.0. The summed E-state index contributed by atoms with van der Waals surface area (Å²) in [5, 5.41) is 10.4. The number of carboxylic acids is 1. The number of fused-ring (bicyclic) bond motifs is 1. The molecule has 1 atom stereocenters. The highest BCUT2D eigenvalue weighted by atomic mass is 35.5. The van der Waals surface area contributed by atoms with E-state index in [4.69, 9.17) is 22.4 Å². The first-order valence-electron chi connectivity index (χ1n) is 5.52. The maximum absolute atomic E-state index is 10.8. The monoisotopic (exact) mass is 264 g/mol. The quantitative estimate of drug-likeness (QED) is 0.891. The smallest absolute Gasteiger partial charge is 0.320 e. The molecule has 0 spiro atoms. The van der Waals surface area contributed by atoms with Gasteiger partial charge in [0.25, 0.3) is 0 Å². The van der Waals surface area contributed by atoms with E-state index in [9.17, 15) is 4.79 Å². The Labute approximate surface area is 109 Å². The Hall–Kier alpha value is -1.65. The molecule has 2 rings (SSSR count). The van der Waals surface area contributed by atoms with Crippen LogP contribution in [-0.2, 0) is 11.2 Å². The first-order valence-corrected chi connectivity index (χ1v) is 5.89. The first-order chi connectivity index (χ1) is 8.50. The van der Waals surface area contributed by atoms with Crippen molar-refractivity contribution < 1.29 is 9.90 Å². The number of aromatic nitrogens is 1. The van der Waals surface area contributed by atoms with Crippen LogP contribution < -0.4 is 5.73 Å². The predicted molar refractivity (Wildman–Crippen MR) is 70.8 cm³/mol. The van der Waals surface area contributed by atoms with Crippen LogP contribution in [0, 0.1) is 6.92 Å². The van der Waals surface area contributed by atoms with Gasteiger partial charge in [0.2, 0.25) is 0 Å². The van der Waals surface area contributed by atoms with Gasteiger partial charge < -0.3 is 10.8 Å². The average molecular weight is 265 g/mol. The van der Waals surface area contributed by atoms with Crippen LogP contribution in [0.1, 0.15) is 11.1 Å². The van der Waals surface area contributed by atoms with Crippen molar-refractivity contribution in [2.75, 3.05) is 0 Å². The van der Waals surface area contributed by atoms with Crippen molar-refractivity contribution in [3.05, 3.63) is 40.5 Å². The molecule has 0 radical (unpaired) electrons. The van der Waals surface area contributed by atoms with Crippen molar-refractivity contribution >= 4 is 28.5 Å². The fourth-order valence-corrected chi connectivity index (χ4v) is 2.05. The van der Waals surface area contributed by atoms with Gasteiger partial charge in [0.1, 0.15) is 6.04 Å². The minimum Gasteiger partial charge on any atom is -0.480 e. The third-order valence-electron chi connectivity index (χ3n) is 2.95. The third kappa shape index (κ3) is 2.30. The molecule has 1 heterocycles. The second-order valence-electron chi connectivity index (χ2n) is 4.19. The van der Waals surface area contributed by atoms with E-state index in [0.717, 1.165) is 22.0 Å². The number of halogens is 1. The van der Waals surface area contributed by atoms with Gasteiger partial charge in [-0.2, -0.15) is 0 Å². The van der Waals surface area contributed by atoms with Crippen LogP contribution in [0.4, 0.5) is 0 Å². The van der Waals surface area contributed by atoms with Crippen molar-refractivity contribution in [3.8, 4) is 0 Å². The van der Waals surface area contributed by atoms with E-state index < -0.39 is 12.0 Å². The lowest BCUT2D eigenvalue weighted by molar-refractivity contribution is -0.138. The summed E-state index contributed by atoms with van der Waals surface area (Å²) in [7, 11) is 0. The van der Waals surface area contributed by atoms with Gasteiger partial charge in [-0.25, -0.2) is 0 Å². The van der Waals surface area contributed by atoms with Gasteiger partial charge in [0, 0.05) is 16.6 Å². The molecule has 0 bridgehead atoms. The van der Waals surface area contributed by atoms with E-state index in [-0.39, 0.29) is 6.42 Å². The van der Waals surface area contributed by atoms with Crippen molar-refractivity contribution in [1.29, 1.82) is 0 Å². The Morgan fingerprint density at radius 2 is 2.22 bits per heavy atom. The highest BCUT2D eigenvalue weighted by Crippen LogP contribution is 2.26. The summed E-state index contributed by atoms with van der Waals surface area (Å²) in [6.07, 6.45) is 1.92. The third-order valence-corrected chi connectivity index (χ3v) is 3.36. The molecule has 0 saturated heterocycles. The van der Waals surface area contributed by atoms with E-state index in [1.807, 2.05) is 13.0 Å². The van der Waals surface area contributed by atoms with Gasteiger partial charge in [0.15, 0.2) is 0 Å². The zero-order valence-corrected chi connectivity index (χ0v) is 10.6. The van der Waals surface area contributed by atoms with Gasteiger partial charge in [-0.05, 0) is 36.6 Å². The topological polar surface area (TPSA) is 76.2 Å². The second-order valence-corrected chi connectivity index (χ2v) is 4.59. The van der Waals surface area contributed by atoms with Crippen LogP contribution >= 0.6 is 11.6 Å². The fourth-order valence-electron chi connectivity index (χ4n) is 1.89. The minimum atomic E-state index is -1.01. The number of carbonyl (C=O) groups is 1. The van der Waals surface area contributed by atoms with Gasteiger partial charge >= 0.3 is 5.97 Å². The SMILES string of the molecule is Cc1c(Cl)ccc2c(CC(N)C(=O)O)ccnc12. The molecule has 0 aliphatic heterocycles. The van der Waals surface area contributed by atoms with Gasteiger partial charge in [-0.15, -0.1) is 0 Å². The molecule has 1 aromatic carbocycles. The number of nitrogens with two attached hydrogens (primary N) is 1. The summed E-state index contributed by atoms with van der Waals surface area (Å²) in [6, 6.07) is 4.52. The molecule has 0 aliphatic carbocycles. The summed E-state index contributed by atoms with van der Waals surface area (Å²) in [4.78, 5) is 15.1. The van der Waals surface area contributed by atoms with Gasteiger partial charge in [-0.1, -0.05) is 17.7 Å². The summed E-state index contributed by atoms with van der Waals surface area (Å²) in [5.41, 5.74) is 8.11. The summed E-state index contributed by atoms with van der Waals surface area (Å²) in [6.45, 7) is 1.89. The number of hydrogen-bond donors (Lipinski definition) is 2. The molecule has 5 heteroatoms. The standard InChI is InChI=1S/C13H13ClN2O2/c1-7-10(14)3-2-9-8(4-5-16-12(7)9)6-11(15)13(17)18/h2-5,11H,6,15H2,1H3,(H,17,18). The maximum Gasteiger partial charge on any atom is 0.320 e. The zero-order chi connectivity index (χ0) is 13.3. The highest BCUT2D eigenvalue weighted by molar-refractivity contribution is 6.32. The van der Waals surface area contributed by atoms with Crippen LogP contribution in [-0.4, -0.2) is 22.1 Å². The molecular weight excluding hydrogens is 252 g/mol. The largest absolute Gasteiger partial charge is 0.480 e. The Morgan fingerprint density at radius 3 is 2.89 bits per heavy atom. The minimum absolute atomic E-state index is 0.273. The zero-order valence-electron chi connectivity index (χ0n) is 9.85. The molecule has 1 aromatic heterocycles. The Kier molecular flexibility index (Phi) is 3.50. The molecule has 4 nitrogen and oxygen atoms in total. The molecule has 3 N–H and O–H groups in total. The van der Waals surface area contributed by atoms with Crippen LogP contribution in [0.25, 0.3) is 10.9 Å². The molecule has 0 amide bonds. The number of pyridine rings is 1. The number of rotatable bonds is 3. The number of carboxylic acid groups (broad SMARTS) is 1. The van der Waals surface area contributed by atoms with E-state index in [1.54, 1.807) is 18.3 Å². The lowest BCUT2D eigenvalue weighted by Gasteiger charge is -2.11. The summed E-state index contributed by atoms with van der Waals surface area (Å²) < 4.78 is 0. The maximum atomic E-state index is 10.8. The molecular formula is C13H13ClN2O2. The number of benzene rings is 1. The molecule has 2 aromatic rings. The Bertz CT molecular complexity index is 613. The van der Waals surface area contributed by atoms with E-state index in [0.29, 0.717) is 5.02 Å². The highest BCUT2D eigenvalue weighted by Gasteiger charge is 2.15. The van der Waals surface area contributed by atoms with Crippen LogP contribution in [0.2, 0.25) is 5.02 Å². The average Bonchev–Trinajstić information content (AvgIpc) is 2.34. The van der Waals surface area contributed by atoms with Crippen molar-refractivity contribution in [3.63, 3.8) is 0 Å². The van der Waals surface area contributed by atoms with Crippen molar-refractivity contribution in [2.45, 2.75) is 19.4 Å². The normalized spacial score (nSPS) is 12.6. The van der Waals surface area contributed by atoms with Crippen LogP contribution in [0.15, 0.2) is 24.4 Å². The number of hydrogen-bond acceptors (Lipinski definition) is 3. The molecule has 1 unspecified atom stereocenters.